The van der Waals surface area contributed by atoms with Gasteiger partial charge < -0.3 is 14.8 Å². The number of esters is 1. The van der Waals surface area contributed by atoms with Gasteiger partial charge >= 0.3 is 5.97 Å². The van der Waals surface area contributed by atoms with Gasteiger partial charge in [0.2, 0.25) is 0 Å². The summed E-state index contributed by atoms with van der Waals surface area (Å²) in [6, 6.07) is 4.83. The standard InChI is InChI=1S/C16H14ClN3O4S/c1-23-13-3-2-10(17)6-12(13)19-14(21)9-24-15(22)7-11-8-20-4-5-25-16(20)18-11/h2-6,8H,7,9H2,1H3,(H,19,21). The van der Waals surface area contributed by atoms with E-state index in [9.17, 15) is 9.59 Å². The van der Waals surface area contributed by atoms with Crippen LogP contribution in [-0.2, 0) is 20.7 Å². The highest BCUT2D eigenvalue weighted by molar-refractivity contribution is 7.15. The minimum absolute atomic E-state index is 0.00215. The molecular formula is C16H14ClN3O4S. The van der Waals surface area contributed by atoms with Crippen molar-refractivity contribution >= 4 is 45.5 Å². The van der Waals surface area contributed by atoms with Crippen molar-refractivity contribution in [2.75, 3.05) is 19.0 Å². The number of hydrogen-bond acceptors (Lipinski definition) is 6. The second kappa shape index (κ2) is 7.54. The molecule has 2 aromatic heterocycles. The van der Waals surface area contributed by atoms with Crippen LogP contribution in [0, 0.1) is 0 Å². The van der Waals surface area contributed by atoms with Gasteiger partial charge in [-0.3, -0.25) is 14.0 Å². The first-order valence-electron chi connectivity index (χ1n) is 7.25. The first-order chi connectivity index (χ1) is 12.0. The lowest BCUT2D eigenvalue weighted by molar-refractivity contribution is -0.146. The van der Waals surface area contributed by atoms with Gasteiger partial charge in [0, 0.05) is 22.8 Å². The lowest BCUT2D eigenvalue weighted by atomic mass is 10.3. The van der Waals surface area contributed by atoms with Crippen molar-refractivity contribution in [3.63, 3.8) is 0 Å². The van der Waals surface area contributed by atoms with Gasteiger partial charge in [-0.1, -0.05) is 11.6 Å². The maximum Gasteiger partial charge on any atom is 0.312 e. The lowest BCUT2D eigenvalue weighted by Gasteiger charge is -2.10. The molecule has 0 atom stereocenters. The second-order valence-corrected chi connectivity index (χ2v) is 6.36. The number of amides is 1. The van der Waals surface area contributed by atoms with Gasteiger partial charge in [0.05, 0.1) is 24.9 Å². The molecule has 2 heterocycles. The Morgan fingerprint density at radius 2 is 2.24 bits per heavy atom. The highest BCUT2D eigenvalue weighted by Gasteiger charge is 2.13. The topological polar surface area (TPSA) is 81.9 Å². The SMILES string of the molecule is COc1ccc(Cl)cc1NC(=O)COC(=O)Cc1cn2ccsc2n1. The molecule has 3 aromatic rings. The molecule has 130 valence electrons. The maximum absolute atomic E-state index is 11.9. The number of halogens is 1. The monoisotopic (exact) mass is 379 g/mol. The van der Waals surface area contributed by atoms with Gasteiger partial charge in [-0.2, -0.15) is 0 Å². The number of carbonyl (C=O) groups is 2. The predicted molar refractivity (Wildman–Crippen MR) is 94.4 cm³/mol. The van der Waals surface area contributed by atoms with Crippen LogP contribution in [0.25, 0.3) is 4.96 Å². The minimum Gasteiger partial charge on any atom is -0.495 e. The summed E-state index contributed by atoms with van der Waals surface area (Å²) in [6.45, 7) is -0.406. The van der Waals surface area contributed by atoms with E-state index in [1.165, 1.54) is 18.4 Å². The number of nitrogens with one attached hydrogen (secondary N) is 1. The van der Waals surface area contributed by atoms with E-state index in [1.54, 1.807) is 24.4 Å². The molecule has 0 saturated carbocycles. The molecule has 0 bridgehead atoms. The van der Waals surface area contributed by atoms with Crippen LogP contribution in [0.1, 0.15) is 5.69 Å². The van der Waals surface area contributed by atoms with Crippen LogP contribution >= 0.6 is 22.9 Å². The number of fused-ring (bicyclic) bond motifs is 1. The molecule has 0 fully saturated rings. The van der Waals surface area contributed by atoms with Gasteiger partial charge in [0.15, 0.2) is 11.6 Å². The zero-order chi connectivity index (χ0) is 17.8. The molecule has 25 heavy (non-hydrogen) atoms. The predicted octanol–water partition coefficient (Wildman–Crippen LogP) is 2.78. The summed E-state index contributed by atoms with van der Waals surface area (Å²) in [5.74, 6) is -0.555. The second-order valence-electron chi connectivity index (χ2n) is 5.06. The van der Waals surface area contributed by atoms with Crippen LogP contribution in [0.15, 0.2) is 36.0 Å². The number of methoxy groups -OCH3 is 1. The Kier molecular flexibility index (Phi) is 5.20. The Balaban J connectivity index is 1.52. The summed E-state index contributed by atoms with van der Waals surface area (Å²) in [4.78, 5) is 28.9. The van der Waals surface area contributed by atoms with E-state index in [1.807, 2.05) is 16.0 Å². The third kappa shape index (κ3) is 4.28. The van der Waals surface area contributed by atoms with Crippen LogP contribution < -0.4 is 10.1 Å². The Hall–Kier alpha value is -2.58. The van der Waals surface area contributed by atoms with Gasteiger partial charge in [-0.05, 0) is 18.2 Å². The van der Waals surface area contributed by atoms with E-state index in [0.717, 1.165) is 4.96 Å². The molecule has 1 amide bonds. The fourth-order valence-corrected chi connectivity index (χ4v) is 3.06. The maximum atomic E-state index is 11.9. The Labute approximate surface area is 152 Å². The number of thiazole rings is 1. The summed E-state index contributed by atoms with van der Waals surface area (Å²) in [5, 5.41) is 4.95. The summed E-state index contributed by atoms with van der Waals surface area (Å²) >= 11 is 7.37. The van der Waals surface area contributed by atoms with E-state index in [2.05, 4.69) is 10.3 Å². The Morgan fingerprint density at radius 1 is 1.40 bits per heavy atom. The molecule has 0 aliphatic rings. The van der Waals surface area contributed by atoms with Crippen molar-refractivity contribution < 1.29 is 19.1 Å². The van der Waals surface area contributed by atoms with Crippen LogP contribution in [0.4, 0.5) is 5.69 Å². The van der Waals surface area contributed by atoms with Crippen molar-refractivity contribution in [2.45, 2.75) is 6.42 Å². The highest BCUT2D eigenvalue weighted by Crippen LogP contribution is 2.27. The molecule has 3 rings (SSSR count). The van der Waals surface area contributed by atoms with Gasteiger partial charge in [0.1, 0.15) is 5.75 Å². The smallest absolute Gasteiger partial charge is 0.312 e. The van der Waals surface area contributed by atoms with E-state index in [0.29, 0.717) is 22.2 Å². The first kappa shape index (κ1) is 17.2. The fraction of sp³-hybridized carbons (Fsp3) is 0.188. The van der Waals surface area contributed by atoms with Crippen molar-refractivity contribution in [1.29, 1.82) is 0 Å². The summed E-state index contributed by atoms with van der Waals surface area (Å²) in [6.07, 6.45) is 3.61. The van der Waals surface area contributed by atoms with Crippen molar-refractivity contribution in [1.82, 2.24) is 9.38 Å². The molecule has 1 aromatic carbocycles. The molecular weight excluding hydrogens is 366 g/mol. The quantitative estimate of drug-likeness (QED) is 0.666. The van der Waals surface area contributed by atoms with Crippen molar-refractivity contribution in [3.8, 4) is 5.75 Å². The number of benzene rings is 1. The summed E-state index contributed by atoms with van der Waals surface area (Å²) in [5.41, 5.74) is 0.999. The number of aromatic nitrogens is 2. The van der Waals surface area contributed by atoms with Crippen LogP contribution in [0.3, 0.4) is 0 Å². The van der Waals surface area contributed by atoms with Gasteiger partial charge in [-0.25, -0.2) is 4.98 Å². The first-order valence-corrected chi connectivity index (χ1v) is 8.51. The van der Waals surface area contributed by atoms with E-state index in [4.69, 9.17) is 21.1 Å². The highest BCUT2D eigenvalue weighted by atomic mass is 35.5. The summed E-state index contributed by atoms with van der Waals surface area (Å²) in [7, 11) is 1.48. The normalized spacial score (nSPS) is 10.6. The third-order valence-electron chi connectivity index (χ3n) is 3.27. The van der Waals surface area contributed by atoms with Crippen LogP contribution in [-0.4, -0.2) is 35.0 Å². The minimum atomic E-state index is -0.529. The van der Waals surface area contributed by atoms with E-state index >= 15 is 0 Å². The van der Waals surface area contributed by atoms with Crippen LogP contribution in [0.5, 0.6) is 5.75 Å². The molecule has 7 nitrogen and oxygen atoms in total. The number of carbonyl (C=O) groups excluding carboxylic acids is 2. The number of ether oxygens (including phenoxy) is 2. The van der Waals surface area contributed by atoms with Crippen LogP contribution in [0.2, 0.25) is 5.02 Å². The number of imidazole rings is 1. The molecule has 0 aliphatic carbocycles. The Morgan fingerprint density at radius 3 is 3.00 bits per heavy atom. The molecule has 0 saturated heterocycles. The average Bonchev–Trinajstić information content (AvgIpc) is 3.14. The zero-order valence-electron chi connectivity index (χ0n) is 13.2. The van der Waals surface area contributed by atoms with Crippen molar-refractivity contribution in [3.05, 3.63) is 46.7 Å². The zero-order valence-corrected chi connectivity index (χ0v) is 14.8. The molecule has 0 radical (unpaired) electrons. The average molecular weight is 380 g/mol. The number of nitrogens with zero attached hydrogens (tertiary/aromatic N) is 2. The largest absolute Gasteiger partial charge is 0.495 e. The Bertz CT molecular complexity index is 893. The molecule has 0 spiro atoms. The van der Waals surface area contributed by atoms with Gasteiger partial charge in [0.25, 0.3) is 5.91 Å². The number of hydrogen-bond donors (Lipinski definition) is 1. The van der Waals surface area contributed by atoms with E-state index < -0.39 is 18.5 Å². The lowest BCUT2D eigenvalue weighted by Crippen LogP contribution is -2.22. The third-order valence-corrected chi connectivity index (χ3v) is 4.27. The molecule has 0 unspecified atom stereocenters. The molecule has 0 aliphatic heterocycles. The molecule has 9 heteroatoms. The summed E-state index contributed by atoms with van der Waals surface area (Å²) < 4.78 is 11.9. The van der Waals surface area contributed by atoms with Crippen molar-refractivity contribution in [2.24, 2.45) is 0 Å². The number of rotatable bonds is 6. The molecule has 1 N–H and O–H groups in total. The van der Waals surface area contributed by atoms with Gasteiger partial charge in [-0.15, -0.1) is 11.3 Å². The van der Waals surface area contributed by atoms with E-state index in [-0.39, 0.29) is 6.42 Å². The number of anilines is 1. The fourth-order valence-electron chi connectivity index (χ4n) is 2.17.